The van der Waals surface area contributed by atoms with Crippen LogP contribution in [-0.2, 0) is 16.6 Å². The molecule has 2 aliphatic carbocycles. The molecule has 1 aromatic carbocycles. The Morgan fingerprint density at radius 3 is 3.00 bits per heavy atom. The molecule has 0 bridgehead atoms. The van der Waals surface area contributed by atoms with Crippen molar-refractivity contribution in [3.8, 4) is 6.07 Å². The van der Waals surface area contributed by atoms with Gasteiger partial charge >= 0.3 is 0 Å². The highest BCUT2D eigenvalue weighted by atomic mass is 32.2. The molecule has 1 aliphatic heterocycles. The van der Waals surface area contributed by atoms with Crippen molar-refractivity contribution in [1.82, 2.24) is 5.32 Å². The lowest BCUT2D eigenvalue weighted by Gasteiger charge is -2.27. The third-order valence-corrected chi connectivity index (χ3v) is 6.80. The van der Waals surface area contributed by atoms with E-state index in [0.29, 0.717) is 0 Å². The number of hydrogen-bond donors (Lipinski definition) is 1. The van der Waals surface area contributed by atoms with E-state index in [-0.39, 0.29) is 17.2 Å². The van der Waals surface area contributed by atoms with Gasteiger partial charge in [-0.3, -0.25) is 4.79 Å². The van der Waals surface area contributed by atoms with Crippen LogP contribution in [-0.4, -0.2) is 23.0 Å². The van der Waals surface area contributed by atoms with E-state index >= 15 is 0 Å². The second-order valence-corrected chi connectivity index (χ2v) is 8.01. The van der Waals surface area contributed by atoms with E-state index in [2.05, 4.69) is 35.7 Å². The molecule has 1 amide bonds. The molecule has 0 aromatic heterocycles. The molecule has 1 saturated carbocycles. The fourth-order valence-corrected chi connectivity index (χ4v) is 5.55. The van der Waals surface area contributed by atoms with Crippen molar-refractivity contribution in [1.29, 1.82) is 5.26 Å². The van der Waals surface area contributed by atoms with Gasteiger partial charge in [-0.05, 0) is 49.0 Å². The van der Waals surface area contributed by atoms with Crippen molar-refractivity contribution in [3.63, 3.8) is 0 Å². The Kier molecular flexibility index (Phi) is 3.23. The number of carbonyl (C=O) groups is 1. The van der Waals surface area contributed by atoms with Gasteiger partial charge < -0.3 is 5.32 Å². The molecule has 0 radical (unpaired) electrons. The summed E-state index contributed by atoms with van der Waals surface area (Å²) in [5.41, 5.74) is 2.23. The predicted molar refractivity (Wildman–Crippen MR) is 87.6 cm³/mol. The van der Waals surface area contributed by atoms with Gasteiger partial charge in [-0.25, -0.2) is 0 Å². The van der Waals surface area contributed by atoms with Gasteiger partial charge in [-0.2, -0.15) is 17.0 Å². The van der Waals surface area contributed by atoms with Crippen LogP contribution in [0.25, 0.3) is 0 Å². The zero-order chi connectivity index (χ0) is 15.2. The molecule has 0 unspecified atom stereocenters. The maximum Gasteiger partial charge on any atom is 0.225 e. The summed E-state index contributed by atoms with van der Waals surface area (Å²) < 4.78 is 0. The van der Waals surface area contributed by atoms with Crippen molar-refractivity contribution in [2.24, 2.45) is 5.92 Å². The summed E-state index contributed by atoms with van der Waals surface area (Å²) in [7, 11) is 0. The summed E-state index contributed by atoms with van der Waals surface area (Å²) in [6.07, 6.45) is 5.13. The number of amides is 1. The van der Waals surface area contributed by atoms with Gasteiger partial charge in [0.15, 0.2) is 0 Å². The monoisotopic (exact) mass is 312 g/mol. The van der Waals surface area contributed by atoms with E-state index < -0.39 is 5.54 Å². The van der Waals surface area contributed by atoms with E-state index in [1.807, 2.05) is 0 Å². The summed E-state index contributed by atoms with van der Waals surface area (Å²) in [5.74, 6) is 1.85. The molecule has 1 saturated heterocycles. The largest absolute Gasteiger partial charge is 0.337 e. The van der Waals surface area contributed by atoms with E-state index in [4.69, 9.17) is 0 Å². The standard InChI is InChI=1S/C18H20N2OS/c19-11-17(8-9-22-12-17)20-16(21)15-10-18(15)7-3-5-13-4-1-2-6-14(13)18/h1-2,4,6,15H,3,5,7-10,12H2,(H,20,21)/t15-,17+,18-/m0/s1. The van der Waals surface area contributed by atoms with Crippen LogP contribution in [0.15, 0.2) is 24.3 Å². The van der Waals surface area contributed by atoms with Crippen molar-refractivity contribution in [3.05, 3.63) is 35.4 Å². The predicted octanol–water partition coefficient (Wildman–Crippen LogP) is 2.80. The highest BCUT2D eigenvalue weighted by Crippen LogP contribution is 2.60. The Balaban J connectivity index is 1.55. The molecule has 22 heavy (non-hydrogen) atoms. The first-order valence-electron chi connectivity index (χ1n) is 8.09. The number of rotatable bonds is 2. The number of hydrogen-bond acceptors (Lipinski definition) is 3. The van der Waals surface area contributed by atoms with Gasteiger partial charge in [0.2, 0.25) is 5.91 Å². The SMILES string of the molecule is N#C[C@]1(NC(=O)[C@@H]2C[C@]23CCCc2ccccc23)CCSC1. The lowest BCUT2D eigenvalue weighted by Crippen LogP contribution is -2.48. The zero-order valence-corrected chi connectivity index (χ0v) is 13.4. The minimum Gasteiger partial charge on any atom is -0.337 e. The molecular formula is C18H20N2OS. The minimum absolute atomic E-state index is 0.0569. The molecule has 1 aromatic rings. The van der Waals surface area contributed by atoms with Crippen LogP contribution in [0.1, 0.15) is 36.8 Å². The molecule has 4 heteroatoms. The molecule has 4 rings (SSSR count). The average Bonchev–Trinajstić information content (AvgIpc) is 3.07. The number of nitrogens with one attached hydrogen (secondary N) is 1. The van der Waals surface area contributed by atoms with E-state index in [9.17, 15) is 10.1 Å². The Bertz CT molecular complexity index is 659. The number of thioether (sulfide) groups is 1. The van der Waals surface area contributed by atoms with Crippen LogP contribution in [0.3, 0.4) is 0 Å². The molecular weight excluding hydrogens is 292 g/mol. The van der Waals surface area contributed by atoms with Gasteiger partial charge in [-0.1, -0.05) is 24.3 Å². The second-order valence-electron chi connectivity index (χ2n) is 6.91. The number of aryl methyl sites for hydroxylation is 1. The van der Waals surface area contributed by atoms with Crippen molar-refractivity contribution in [2.45, 2.75) is 43.1 Å². The molecule has 114 valence electrons. The highest BCUT2D eigenvalue weighted by Gasteiger charge is 2.60. The normalized spacial score (nSPS) is 35.7. The Hall–Kier alpha value is -1.47. The lowest BCUT2D eigenvalue weighted by molar-refractivity contribution is -0.124. The molecule has 3 nitrogen and oxygen atoms in total. The zero-order valence-electron chi connectivity index (χ0n) is 12.6. The summed E-state index contributed by atoms with van der Waals surface area (Å²) in [5, 5.41) is 12.5. The van der Waals surface area contributed by atoms with Crippen molar-refractivity contribution >= 4 is 17.7 Å². The fraction of sp³-hybridized carbons (Fsp3) is 0.556. The number of nitriles is 1. The van der Waals surface area contributed by atoms with Crippen LogP contribution in [0.5, 0.6) is 0 Å². The molecule has 2 fully saturated rings. The summed E-state index contributed by atoms with van der Waals surface area (Å²) >= 11 is 1.76. The molecule has 3 atom stereocenters. The van der Waals surface area contributed by atoms with Crippen LogP contribution >= 0.6 is 11.8 Å². The summed E-state index contributed by atoms with van der Waals surface area (Å²) in [6, 6.07) is 10.9. The number of fused-ring (bicyclic) bond motifs is 2. The Morgan fingerprint density at radius 2 is 2.23 bits per heavy atom. The number of carbonyl (C=O) groups excluding carboxylic acids is 1. The highest BCUT2D eigenvalue weighted by molar-refractivity contribution is 7.99. The average molecular weight is 312 g/mol. The minimum atomic E-state index is -0.625. The van der Waals surface area contributed by atoms with Gasteiger partial charge in [0.25, 0.3) is 0 Å². The first-order chi connectivity index (χ1) is 10.7. The third-order valence-electron chi connectivity index (χ3n) is 5.61. The maximum atomic E-state index is 12.7. The first-order valence-corrected chi connectivity index (χ1v) is 9.24. The third kappa shape index (κ3) is 2.06. The number of benzene rings is 1. The van der Waals surface area contributed by atoms with E-state index in [1.165, 1.54) is 17.5 Å². The maximum absolute atomic E-state index is 12.7. The van der Waals surface area contributed by atoms with Crippen LogP contribution in [0.2, 0.25) is 0 Å². The van der Waals surface area contributed by atoms with E-state index in [1.54, 1.807) is 11.8 Å². The molecule has 1 N–H and O–H groups in total. The smallest absolute Gasteiger partial charge is 0.225 e. The molecule has 1 spiro atoms. The van der Waals surface area contributed by atoms with Gasteiger partial charge in [-0.15, -0.1) is 0 Å². The molecule has 1 heterocycles. The second kappa shape index (κ2) is 5.03. The quantitative estimate of drug-likeness (QED) is 0.913. The van der Waals surface area contributed by atoms with Gasteiger partial charge in [0.05, 0.1) is 6.07 Å². The Labute approximate surface area is 135 Å². The first kappa shape index (κ1) is 14.1. The van der Waals surface area contributed by atoms with Crippen molar-refractivity contribution < 1.29 is 4.79 Å². The topological polar surface area (TPSA) is 52.9 Å². The van der Waals surface area contributed by atoms with Crippen LogP contribution in [0, 0.1) is 17.2 Å². The fourth-order valence-electron chi connectivity index (χ4n) is 4.28. The lowest BCUT2D eigenvalue weighted by atomic mass is 9.78. The van der Waals surface area contributed by atoms with Crippen molar-refractivity contribution in [2.75, 3.05) is 11.5 Å². The number of nitrogens with zero attached hydrogens (tertiary/aromatic N) is 1. The summed E-state index contributed by atoms with van der Waals surface area (Å²) in [6.45, 7) is 0. The van der Waals surface area contributed by atoms with Gasteiger partial charge in [0.1, 0.15) is 5.54 Å². The van der Waals surface area contributed by atoms with Gasteiger partial charge in [0, 0.05) is 17.1 Å². The molecule has 3 aliphatic rings. The van der Waals surface area contributed by atoms with E-state index in [0.717, 1.165) is 37.2 Å². The Morgan fingerprint density at radius 1 is 1.36 bits per heavy atom. The van der Waals surface area contributed by atoms with Crippen LogP contribution < -0.4 is 5.32 Å². The van der Waals surface area contributed by atoms with Crippen LogP contribution in [0.4, 0.5) is 0 Å². The summed E-state index contributed by atoms with van der Waals surface area (Å²) in [4.78, 5) is 12.7.